The highest BCUT2D eigenvalue weighted by atomic mass is 16.5. The quantitative estimate of drug-likeness (QED) is 0.277. The Kier molecular flexibility index (Phi) is 11.6. The second kappa shape index (κ2) is 14.6. The second-order valence-corrected chi connectivity index (χ2v) is 8.75. The van der Waals surface area contributed by atoms with Crippen molar-refractivity contribution in [2.75, 3.05) is 14.1 Å². The molecule has 0 aliphatic heterocycles. The molecule has 0 aliphatic rings. The highest BCUT2D eigenvalue weighted by molar-refractivity contribution is 5.75. The van der Waals surface area contributed by atoms with E-state index in [0.717, 1.165) is 11.1 Å². The fraction of sp³-hybridized carbons (Fsp3) is 0.429. The molecule has 0 fully saturated rings. The van der Waals surface area contributed by atoms with Gasteiger partial charge < -0.3 is 14.5 Å². The maximum absolute atomic E-state index is 12.5. The van der Waals surface area contributed by atoms with Crippen LogP contribution in [0.1, 0.15) is 64.8 Å². The lowest BCUT2D eigenvalue weighted by molar-refractivity contribution is -0.117. The first kappa shape index (κ1) is 29.4. The van der Waals surface area contributed by atoms with Crippen LogP contribution in [0.25, 0.3) is 11.4 Å². The van der Waals surface area contributed by atoms with E-state index in [1.807, 2.05) is 66.1 Å². The van der Waals surface area contributed by atoms with Crippen molar-refractivity contribution < 1.29 is 9.53 Å². The van der Waals surface area contributed by atoms with Crippen molar-refractivity contribution in [2.24, 2.45) is 5.10 Å². The van der Waals surface area contributed by atoms with Crippen molar-refractivity contribution in [3.63, 3.8) is 0 Å². The van der Waals surface area contributed by atoms with Gasteiger partial charge in [-0.1, -0.05) is 32.0 Å². The van der Waals surface area contributed by atoms with Crippen LogP contribution in [0.2, 0.25) is 0 Å². The predicted octanol–water partition coefficient (Wildman–Crippen LogP) is 4.56. The molecule has 0 spiro atoms. The third-order valence-electron chi connectivity index (χ3n) is 5.25. The third kappa shape index (κ3) is 9.59. The fourth-order valence-electron chi connectivity index (χ4n) is 3.35. The molecule has 0 saturated carbocycles. The van der Waals surface area contributed by atoms with Gasteiger partial charge in [-0.15, -0.1) is 0 Å². The van der Waals surface area contributed by atoms with Crippen molar-refractivity contribution in [2.45, 2.75) is 66.0 Å². The van der Waals surface area contributed by atoms with Gasteiger partial charge in [0.15, 0.2) is 11.6 Å². The summed E-state index contributed by atoms with van der Waals surface area (Å²) in [6, 6.07) is 9.18. The molecule has 1 aromatic carbocycles. The van der Waals surface area contributed by atoms with E-state index in [9.17, 15) is 9.59 Å². The predicted molar refractivity (Wildman–Crippen MR) is 147 cm³/mol. The Hall–Kier alpha value is -3.88. The molecular weight excluding hydrogens is 468 g/mol. The summed E-state index contributed by atoms with van der Waals surface area (Å²) in [6.45, 7) is 9.45. The van der Waals surface area contributed by atoms with E-state index < -0.39 is 0 Å². The van der Waals surface area contributed by atoms with Crippen LogP contribution in [0.4, 0.5) is 0 Å². The number of hydrogen-bond donors (Lipinski definition) is 0. The van der Waals surface area contributed by atoms with Gasteiger partial charge in [0.1, 0.15) is 11.5 Å². The van der Waals surface area contributed by atoms with E-state index in [0.29, 0.717) is 36.5 Å². The van der Waals surface area contributed by atoms with Crippen molar-refractivity contribution in [3.05, 3.63) is 70.4 Å². The van der Waals surface area contributed by atoms with E-state index in [-0.39, 0.29) is 23.4 Å². The molecule has 3 aromatic rings. The maximum atomic E-state index is 12.5. The summed E-state index contributed by atoms with van der Waals surface area (Å²) < 4.78 is 7.53. The van der Waals surface area contributed by atoms with Gasteiger partial charge in [-0.05, 0) is 38.8 Å². The summed E-state index contributed by atoms with van der Waals surface area (Å²) >= 11 is 0. The lowest BCUT2D eigenvalue weighted by Crippen LogP contribution is -2.20. The van der Waals surface area contributed by atoms with Gasteiger partial charge in [-0.25, -0.2) is 9.97 Å². The number of nitrogens with zero attached hydrogens (tertiary/aromatic N) is 6. The molecule has 0 saturated heterocycles. The van der Waals surface area contributed by atoms with Crippen LogP contribution in [-0.2, 0) is 11.2 Å². The largest absolute Gasteiger partial charge is 0.487 e. The van der Waals surface area contributed by atoms with E-state index in [4.69, 9.17) is 4.74 Å². The number of ketones is 1. The van der Waals surface area contributed by atoms with Crippen LogP contribution in [0, 0.1) is 0 Å². The minimum Gasteiger partial charge on any atom is -0.487 e. The standard InChI is InChI=1S/C26H32N6O3.C2H6/c1-18(15-29-31(4)5)32-12-11-25(34)24(30-32)14-21-7-6-8-22(13-21)26-27-16-23(17-28-26)35-20(3)10-9-19(2)33;1-2/h6-8,11-13,15-18,20H,9-10,14H2,1-5H3;1-2H3/b29-15-;. The molecule has 0 aliphatic carbocycles. The minimum atomic E-state index is -0.111. The van der Waals surface area contributed by atoms with E-state index >= 15 is 0 Å². The number of carbonyl (C=O) groups excluding carboxylic acids is 1. The van der Waals surface area contributed by atoms with Gasteiger partial charge in [0.05, 0.1) is 24.5 Å². The van der Waals surface area contributed by atoms with Gasteiger partial charge in [-0.2, -0.15) is 10.2 Å². The smallest absolute Gasteiger partial charge is 0.203 e. The molecule has 9 heteroatoms. The number of aromatic nitrogens is 4. The number of hydrazone groups is 1. The Balaban J connectivity index is 0.00000235. The summed E-state index contributed by atoms with van der Waals surface area (Å²) in [7, 11) is 3.70. The highest BCUT2D eigenvalue weighted by Crippen LogP contribution is 2.20. The first-order valence-corrected chi connectivity index (χ1v) is 12.6. The summed E-state index contributed by atoms with van der Waals surface area (Å²) in [5.74, 6) is 1.26. The summed E-state index contributed by atoms with van der Waals surface area (Å²) in [5.41, 5.74) is 2.11. The monoisotopic (exact) mass is 506 g/mol. The lowest BCUT2D eigenvalue weighted by atomic mass is 10.1. The number of rotatable bonds is 11. The zero-order valence-electron chi connectivity index (χ0n) is 22.9. The van der Waals surface area contributed by atoms with Gasteiger partial charge in [0.2, 0.25) is 5.43 Å². The molecule has 2 unspecified atom stereocenters. The summed E-state index contributed by atoms with van der Waals surface area (Å²) in [4.78, 5) is 32.5. The maximum Gasteiger partial charge on any atom is 0.203 e. The van der Waals surface area contributed by atoms with Crippen molar-refractivity contribution >= 4 is 12.0 Å². The van der Waals surface area contributed by atoms with E-state index in [2.05, 4.69) is 20.2 Å². The van der Waals surface area contributed by atoms with Crippen molar-refractivity contribution in [1.29, 1.82) is 0 Å². The van der Waals surface area contributed by atoms with Crippen LogP contribution >= 0.6 is 0 Å². The van der Waals surface area contributed by atoms with Crippen LogP contribution in [0.15, 0.2) is 58.8 Å². The molecule has 2 aromatic heterocycles. The Labute approximate surface area is 219 Å². The molecule has 0 radical (unpaired) electrons. The molecular formula is C28H38N6O3. The summed E-state index contributed by atoms with van der Waals surface area (Å²) in [6.07, 6.45) is 8.13. The molecule has 198 valence electrons. The fourth-order valence-corrected chi connectivity index (χ4v) is 3.35. The third-order valence-corrected chi connectivity index (χ3v) is 5.25. The Morgan fingerprint density at radius 2 is 1.86 bits per heavy atom. The average molecular weight is 507 g/mol. The number of Topliss-reactive ketones (excluding diaryl/α,β-unsaturated/α-hetero) is 1. The summed E-state index contributed by atoms with van der Waals surface area (Å²) in [5, 5.41) is 10.5. The molecule has 0 bridgehead atoms. The molecule has 2 atom stereocenters. The van der Waals surface area contributed by atoms with E-state index in [1.54, 1.807) is 41.4 Å². The molecule has 0 amide bonds. The first-order valence-electron chi connectivity index (χ1n) is 12.6. The molecule has 3 rings (SSSR count). The number of hydrogen-bond acceptors (Lipinski definition) is 8. The van der Waals surface area contributed by atoms with Gasteiger partial charge in [-0.3, -0.25) is 9.48 Å². The van der Waals surface area contributed by atoms with Gasteiger partial charge in [0, 0.05) is 51.0 Å². The zero-order valence-corrected chi connectivity index (χ0v) is 22.9. The molecule has 9 nitrogen and oxygen atoms in total. The lowest BCUT2D eigenvalue weighted by Gasteiger charge is -2.13. The normalized spacial score (nSPS) is 12.4. The van der Waals surface area contributed by atoms with Gasteiger partial charge in [0.25, 0.3) is 0 Å². The SMILES string of the molecule is CC.CC(=O)CCC(C)Oc1cnc(-c2cccc(Cc3nn(C(C)/C=N\N(C)C)ccc3=O)c2)nc1. The van der Waals surface area contributed by atoms with Crippen molar-refractivity contribution in [3.8, 4) is 17.1 Å². The van der Waals surface area contributed by atoms with Crippen LogP contribution in [-0.4, -0.2) is 57.0 Å². The topological polar surface area (TPSA) is 103 Å². The number of carbonyl (C=O) groups is 1. The zero-order chi connectivity index (χ0) is 27.4. The number of ether oxygens (including phenoxy) is 1. The second-order valence-electron chi connectivity index (χ2n) is 8.75. The highest BCUT2D eigenvalue weighted by Gasteiger charge is 2.11. The van der Waals surface area contributed by atoms with Gasteiger partial charge >= 0.3 is 0 Å². The Bertz CT molecular complexity index is 1220. The van der Waals surface area contributed by atoms with Crippen LogP contribution in [0.5, 0.6) is 5.75 Å². The molecule has 37 heavy (non-hydrogen) atoms. The van der Waals surface area contributed by atoms with E-state index in [1.165, 1.54) is 6.07 Å². The Morgan fingerprint density at radius 3 is 2.51 bits per heavy atom. The molecule has 2 heterocycles. The number of benzene rings is 1. The minimum absolute atomic E-state index is 0.0950. The molecule has 0 N–H and O–H groups in total. The average Bonchev–Trinajstić information content (AvgIpc) is 2.89. The van der Waals surface area contributed by atoms with Crippen LogP contribution in [0.3, 0.4) is 0 Å². The van der Waals surface area contributed by atoms with Crippen LogP contribution < -0.4 is 10.2 Å². The Morgan fingerprint density at radius 1 is 1.16 bits per heavy atom. The van der Waals surface area contributed by atoms with Crippen molar-refractivity contribution in [1.82, 2.24) is 24.8 Å². The first-order chi connectivity index (χ1) is 17.7.